The lowest BCUT2D eigenvalue weighted by Crippen LogP contribution is -2.26. The third kappa shape index (κ3) is 2.78. The van der Waals surface area contributed by atoms with Gasteiger partial charge in [0.2, 0.25) is 5.91 Å². The zero-order valence-electron chi connectivity index (χ0n) is 8.16. The summed E-state index contributed by atoms with van der Waals surface area (Å²) in [6.07, 6.45) is -3.24. The van der Waals surface area contributed by atoms with E-state index in [0.29, 0.717) is 0 Å². The lowest BCUT2D eigenvalue weighted by Gasteiger charge is -2.16. The number of hydrogen-bond donors (Lipinski definition) is 4. The van der Waals surface area contributed by atoms with Crippen LogP contribution in [0.4, 0.5) is 0 Å². The number of amides is 1. The third-order valence-electron chi connectivity index (χ3n) is 1.98. The number of hydrogen-bond acceptors (Lipinski definition) is 5. The highest BCUT2D eigenvalue weighted by Gasteiger charge is 2.25. The van der Waals surface area contributed by atoms with Crippen molar-refractivity contribution in [3.8, 4) is 0 Å². The first-order valence-corrected chi connectivity index (χ1v) is 5.26. The Morgan fingerprint density at radius 2 is 2.06 bits per heavy atom. The highest BCUT2D eigenvalue weighted by molar-refractivity contribution is 7.12. The van der Waals surface area contributed by atoms with E-state index >= 15 is 0 Å². The van der Waals surface area contributed by atoms with Gasteiger partial charge in [0.15, 0.2) is 0 Å². The van der Waals surface area contributed by atoms with Crippen LogP contribution in [-0.4, -0.2) is 33.3 Å². The quantitative estimate of drug-likeness (QED) is 0.568. The number of aliphatic hydroxyl groups is 2. The number of primary amides is 1. The molecule has 1 amide bonds. The van der Waals surface area contributed by atoms with Crippen molar-refractivity contribution in [2.24, 2.45) is 5.73 Å². The predicted molar refractivity (Wildman–Crippen MR) is 56.1 cm³/mol. The smallest absolute Gasteiger partial charge is 0.346 e. The first-order valence-electron chi connectivity index (χ1n) is 4.38. The number of carbonyl (C=O) groups excluding carboxylic acids is 1. The van der Waals surface area contributed by atoms with E-state index in [0.717, 1.165) is 11.3 Å². The number of carbonyl (C=O) groups is 2. The van der Waals surface area contributed by atoms with Crippen LogP contribution >= 0.6 is 11.3 Å². The maximum absolute atomic E-state index is 10.8. The number of nitrogens with two attached hydrogens (primary N) is 1. The summed E-state index contributed by atoms with van der Waals surface area (Å²) in [6.45, 7) is 0. The van der Waals surface area contributed by atoms with Gasteiger partial charge in [0, 0.05) is 5.56 Å². The van der Waals surface area contributed by atoms with Crippen molar-refractivity contribution >= 4 is 23.2 Å². The zero-order chi connectivity index (χ0) is 12.3. The summed E-state index contributed by atoms with van der Waals surface area (Å²) >= 11 is 0.935. The van der Waals surface area contributed by atoms with E-state index in [1.165, 1.54) is 11.4 Å². The summed E-state index contributed by atoms with van der Waals surface area (Å²) in [6, 6.07) is 1.39. The van der Waals surface area contributed by atoms with E-state index in [2.05, 4.69) is 0 Å². The molecule has 1 aromatic heterocycles. The van der Waals surface area contributed by atoms with Crippen LogP contribution in [0.5, 0.6) is 0 Å². The Balaban J connectivity index is 2.87. The molecule has 0 fully saturated rings. The van der Waals surface area contributed by atoms with Gasteiger partial charge in [0.25, 0.3) is 0 Å². The van der Waals surface area contributed by atoms with Gasteiger partial charge in [-0.3, -0.25) is 4.79 Å². The molecule has 0 aliphatic rings. The molecule has 0 spiro atoms. The van der Waals surface area contributed by atoms with Crippen molar-refractivity contribution in [3.63, 3.8) is 0 Å². The number of aromatic carboxylic acids is 1. The van der Waals surface area contributed by atoms with Crippen molar-refractivity contribution in [2.75, 3.05) is 0 Å². The van der Waals surface area contributed by atoms with Crippen molar-refractivity contribution in [1.29, 1.82) is 0 Å². The molecule has 0 aliphatic heterocycles. The van der Waals surface area contributed by atoms with Crippen LogP contribution in [-0.2, 0) is 4.79 Å². The summed E-state index contributed by atoms with van der Waals surface area (Å²) in [7, 11) is 0. The van der Waals surface area contributed by atoms with Gasteiger partial charge in [-0.15, -0.1) is 11.3 Å². The van der Waals surface area contributed by atoms with Crippen molar-refractivity contribution in [2.45, 2.75) is 18.6 Å². The normalized spacial score (nSPS) is 14.4. The summed E-state index contributed by atoms with van der Waals surface area (Å²) in [5.74, 6) is -1.95. The van der Waals surface area contributed by atoms with Crippen LogP contribution in [0.1, 0.15) is 27.8 Å². The number of carboxylic acid groups (broad SMARTS) is 1. The zero-order valence-corrected chi connectivity index (χ0v) is 8.98. The second-order valence-electron chi connectivity index (χ2n) is 3.19. The number of thiophene rings is 1. The van der Waals surface area contributed by atoms with Gasteiger partial charge in [-0.05, 0) is 11.4 Å². The highest BCUT2D eigenvalue weighted by Crippen LogP contribution is 2.26. The topological polar surface area (TPSA) is 121 Å². The molecule has 7 heteroatoms. The molecule has 16 heavy (non-hydrogen) atoms. The van der Waals surface area contributed by atoms with Gasteiger partial charge in [-0.25, -0.2) is 4.79 Å². The number of carboxylic acids is 1. The predicted octanol–water partition coefficient (Wildman–Crippen LogP) is -0.284. The van der Waals surface area contributed by atoms with Crippen LogP contribution in [0.2, 0.25) is 0 Å². The Kier molecular flexibility index (Phi) is 3.99. The molecule has 2 unspecified atom stereocenters. The fourth-order valence-corrected chi connectivity index (χ4v) is 2.03. The number of rotatable bonds is 5. The molecule has 6 nitrogen and oxygen atoms in total. The molecule has 0 bridgehead atoms. The van der Waals surface area contributed by atoms with E-state index in [1.54, 1.807) is 0 Å². The standard InChI is InChI=1S/C9H11NO5S/c10-6(12)3-5(11)7(13)4-1-2-16-8(4)9(14)15/h1-2,5,7,11,13H,3H2,(H2,10,12)(H,14,15). The summed E-state index contributed by atoms with van der Waals surface area (Å²) in [5.41, 5.74) is 4.95. The molecule has 0 saturated heterocycles. The van der Waals surface area contributed by atoms with Crippen molar-refractivity contribution < 1.29 is 24.9 Å². The van der Waals surface area contributed by atoms with Crippen molar-refractivity contribution in [1.82, 2.24) is 0 Å². The maximum atomic E-state index is 10.8. The minimum Gasteiger partial charge on any atom is -0.477 e. The molecule has 0 saturated carbocycles. The Morgan fingerprint density at radius 3 is 2.56 bits per heavy atom. The molecule has 0 radical (unpaired) electrons. The van der Waals surface area contributed by atoms with Crippen LogP contribution < -0.4 is 5.73 Å². The molecule has 2 atom stereocenters. The van der Waals surface area contributed by atoms with Crippen molar-refractivity contribution in [3.05, 3.63) is 21.9 Å². The largest absolute Gasteiger partial charge is 0.477 e. The Hall–Kier alpha value is -1.44. The molecule has 1 rings (SSSR count). The van der Waals surface area contributed by atoms with E-state index in [9.17, 15) is 19.8 Å². The molecule has 5 N–H and O–H groups in total. The summed E-state index contributed by atoms with van der Waals surface area (Å²) in [5, 5.41) is 29.3. The van der Waals surface area contributed by atoms with Gasteiger partial charge >= 0.3 is 5.97 Å². The average molecular weight is 245 g/mol. The summed E-state index contributed by atoms with van der Waals surface area (Å²) < 4.78 is 0. The molecule has 88 valence electrons. The van der Waals surface area contributed by atoms with Crippen LogP contribution in [0, 0.1) is 0 Å². The Bertz CT molecular complexity index is 402. The second-order valence-corrected chi connectivity index (χ2v) is 4.11. The van der Waals surface area contributed by atoms with Gasteiger partial charge in [-0.2, -0.15) is 0 Å². The molecular weight excluding hydrogens is 234 g/mol. The molecule has 1 heterocycles. The van der Waals surface area contributed by atoms with E-state index in [-0.39, 0.29) is 10.4 Å². The van der Waals surface area contributed by atoms with Gasteiger partial charge in [-0.1, -0.05) is 0 Å². The fourth-order valence-electron chi connectivity index (χ4n) is 1.25. The fraction of sp³-hybridized carbons (Fsp3) is 0.333. The first-order chi connectivity index (χ1) is 7.43. The van der Waals surface area contributed by atoms with Crippen LogP contribution in [0.3, 0.4) is 0 Å². The summed E-state index contributed by atoms with van der Waals surface area (Å²) in [4.78, 5) is 21.2. The van der Waals surface area contributed by atoms with Crippen LogP contribution in [0.15, 0.2) is 11.4 Å². The lowest BCUT2D eigenvalue weighted by molar-refractivity contribution is -0.121. The number of aliphatic hydroxyl groups excluding tert-OH is 2. The minimum absolute atomic E-state index is 0.0592. The Morgan fingerprint density at radius 1 is 1.44 bits per heavy atom. The van der Waals surface area contributed by atoms with E-state index in [4.69, 9.17) is 10.8 Å². The van der Waals surface area contributed by atoms with E-state index in [1.807, 2.05) is 0 Å². The van der Waals surface area contributed by atoms with Crippen LogP contribution in [0.25, 0.3) is 0 Å². The highest BCUT2D eigenvalue weighted by atomic mass is 32.1. The van der Waals surface area contributed by atoms with Gasteiger partial charge in [0.05, 0.1) is 12.5 Å². The van der Waals surface area contributed by atoms with Gasteiger partial charge in [0.1, 0.15) is 11.0 Å². The Labute approximate surface area is 94.9 Å². The van der Waals surface area contributed by atoms with Gasteiger partial charge < -0.3 is 21.1 Å². The average Bonchev–Trinajstić information content (AvgIpc) is 2.63. The first kappa shape index (κ1) is 12.6. The molecule has 0 aliphatic carbocycles. The molecule has 0 aromatic carbocycles. The minimum atomic E-state index is -1.43. The van der Waals surface area contributed by atoms with E-state index < -0.39 is 30.5 Å². The second kappa shape index (κ2) is 5.06. The monoisotopic (exact) mass is 245 g/mol. The molecule has 1 aromatic rings. The maximum Gasteiger partial charge on any atom is 0.346 e. The lowest BCUT2D eigenvalue weighted by atomic mass is 10.0. The molecular formula is C9H11NO5S. The SMILES string of the molecule is NC(=O)CC(O)C(O)c1ccsc1C(=O)O. The third-order valence-corrected chi connectivity index (χ3v) is 2.90.